The lowest BCUT2D eigenvalue weighted by molar-refractivity contribution is -0.386. The fourth-order valence-corrected chi connectivity index (χ4v) is 2.23. The summed E-state index contributed by atoms with van der Waals surface area (Å²) in [4.78, 5) is 21.5. The number of carbonyl (C=O) groups excluding carboxylic acids is 1. The second kappa shape index (κ2) is 6.38. The number of hydrogen-bond donors (Lipinski definition) is 1. The third-order valence-electron chi connectivity index (χ3n) is 2.31. The lowest BCUT2D eigenvalue weighted by Crippen LogP contribution is -2.42. The minimum Gasteiger partial charge on any atom is -0.482 e. The van der Waals surface area contributed by atoms with Crippen LogP contribution < -0.4 is 4.74 Å². The topological polar surface area (TPSA) is 98.9 Å². The van der Waals surface area contributed by atoms with Crippen molar-refractivity contribution in [3.05, 3.63) is 31.7 Å². The number of halogens is 2. The van der Waals surface area contributed by atoms with Gasteiger partial charge in [-0.2, -0.15) is 0 Å². The first kappa shape index (κ1) is 16.7. The molecule has 20 heavy (non-hydrogen) atoms. The van der Waals surface area contributed by atoms with Crippen molar-refractivity contribution in [3.8, 4) is 5.75 Å². The van der Waals surface area contributed by atoms with E-state index < -0.39 is 23.1 Å². The Bertz CT molecular complexity index is 548. The minimum atomic E-state index is -1.93. The predicted octanol–water partition coefficient (Wildman–Crippen LogP) is 2.31. The van der Waals surface area contributed by atoms with Crippen LogP contribution in [0.3, 0.4) is 0 Å². The van der Waals surface area contributed by atoms with Crippen LogP contribution in [-0.2, 0) is 9.53 Å². The van der Waals surface area contributed by atoms with Gasteiger partial charge in [0.1, 0.15) is 6.61 Å². The molecule has 1 aromatic carbocycles. The SMILES string of the molecule is COC(=O)C(C)(O)COc1c(Br)cc(Cl)cc1[N+](=O)[O-]. The van der Waals surface area contributed by atoms with Crippen LogP contribution in [0, 0.1) is 10.1 Å². The van der Waals surface area contributed by atoms with Gasteiger partial charge in [-0.15, -0.1) is 0 Å². The maximum atomic E-state index is 11.3. The van der Waals surface area contributed by atoms with E-state index in [-0.39, 0.29) is 20.9 Å². The van der Waals surface area contributed by atoms with Gasteiger partial charge in [-0.25, -0.2) is 4.79 Å². The summed E-state index contributed by atoms with van der Waals surface area (Å²) in [6.07, 6.45) is 0. The molecule has 0 saturated heterocycles. The molecule has 0 radical (unpaired) electrons. The third kappa shape index (κ3) is 3.81. The number of nitro groups is 1. The largest absolute Gasteiger partial charge is 0.482 e. The van der Waals surface area contributed by atoms with E-state index in [0.717, 1.165) is 13.2 Å². The summed E-state index contributed by atoms with van der Waals surface area (Å²) >= 11 is 8.79. The first-order valence-corrected chi connectivity index (χ1v) is 6.43. The van der Waals surface area contributed by atoms with Crippen molar-refractivity contribution in [1.82, 2.24) is 0 Å². The van der Waals surface area contributed by atoms with Gasteiger partial charge in [-0.05, 0) is 28.9 Å². The Morgan fingerprint density at radius 3 is 2.70 bits per heavy atom. The van der Waals surface area contributed by atoms with Crippen molar-refractivity contribution in [2.24, 2.45) is 0 Å². The Morgan fingerprint density at radius 1 is 1.60 bits per heavy atom. The smallest absolute Gasteiger partial charge is 0.341 e. The Morgan fingerprint density at radius 2 is 2.20 bits per heavy atom. The van der Waals surface area contributed by atoms with Gasteiger partial charge in [0.25, 0.3) is 0 Å². The summed E-state index contributed by atoms with van der Waals surface area (Å²) in [5.41, 5.74) is -2.31. The lowest BCUT2D eigenvalue weighted by atomic mass is 10.1. The van der Waals surface area contributed by atoms with Crippen LogP contribution in [0.1, 0.15) is 6.92 Å². The quantitative estimate of drug-likeness (QED) is 0.486. The van der Waals surface area contributed by atoms with Crippen molar-refractivity contribution in [1.29, 1.82) is 0 Å². The normalized spacial score (nSPS) is 13.4. The predicted molar refractivity (Wildman–Crippen MR) is 73.9 cm³/mol. The Labute approximate surface area is 127 Å². The number of benzene rings is 1. The molecule has 1 unspecified atom stereocenters. The average molecular weight is 369 g/mol. The van der Waals surface area contributed by atoms with Crippen molar-refractivity contribution in [3.63, 3.8) is 0 Å². The van der Waals surface area contributed by atoms with Crippen molar-refractivity contribution in [2.75, 3.05) is 13.7 Å². The standard InChI is InChI=1S/C11H11BrClNO6/c1-11(16,10(15)19-2)5-20-9-7(12)3-6(13)4-8(9)14(17)18/h3-4,16H,5H2,1-2H3. The van der Waals surface area contributed by atoms with Crippen LogP contribution in [0.4, 0.5) is 5.69 Å². The van der Waals surface area contributed by atoms with E-state index in [4.69, 9.17) is 16.3 Å². The molecule has 0 heterocycles. The van der Waals surface area contributed by atoms with Gasteiger partial charge in [0.15, 0.2) is 5.60 Å². The van der Waals surface area contributed by atoms with E-state index in [0.29, 0.717) is 0 Å². The molecule has 1 aromatic rings. The molecule has 1 rings (SSSR count). The van der Waals surface area contributed by atoms with Crippen LogP contribution in [0.2, 0.25) is 5.02 Å². The Balaban J connectivity index is 3.04. The number of hydrogen-bond acceptors (Lipinski definition) is 6. The van der Waals surface area contributed by atoms with Crippen molar-refractivity contribution < 1.29 is 24.3 Å². The van der Waals surface area contributed by atoms with Crippen LogP contribution in [0.25, 0.3) is 0 Å². The van der Waals surface area contributed by atoms with Crippen LogP contribution >= 0.6 is 27.5 Å². The zero-order valence-electron chi connectivity index (χ0n) is 10.6. The van der Waals surface area contributed by atoms with E-state index >= 15 is 0 Å². The molecule has 0 saturated carbocycles. The molecule has 1 atom stereocenters. The van der Waals surface area contributed by atoms with Gasteiger partial charge in [-0.1, -0.05) is 11.6 Å². The van der Waals surface area contributed by atoms with Crippen LogP contribution in [0.15, 0.2) is 16.6 Å². The molecular formula is C11H11BrClNO6. The zero-order chi connectivity index (χ0) is 15.5. The molecule has 9 heteroatoms. The van der Waals surface area contributed by atoms with Crippen molar-refractivity contribution in [2.45, 2.75) is 12.5 Å². The third-order valence-corrected chi connectivity index (χ3v) is 3.12. The van der Waals surface area contributed by atoms with E-state index in [1.165, 1.54) is 13.0 Å². The highest BCUT2D eigenvalue weighted by atomic mass is 79.9. The summed E-state index contributed by atoms with van der Waals surface area (Å²) < 4.78 is 9.80. The van der Waals surface area contributed by atoms with Gasteiger partial charge >= 0.3 is 11.7 Å². The number of carbonyl (C=O) groups is 1. The minimum absolute atomic E-state index is 0.136. The highest BCUT2D eigenvalue weighted by molar-refractivity contribution is 9.10. The molecule has 0 bridgehead atoms. The summed E-state index contributed by atoms with van der Waals surface area (Å²) in [5.74, 6) is -1.05. The average Bonchev–Trinajstić information content (AvgIpc) is 2.35. The second-order valence-electron chi connectivity index (χ2n) is 4.05. The maximum Gasteiger partial charge on any atom is 0.341 e. The van der Waals surface area contributed by atoms with Gasteiger partial charge in [-0.3, -0.25) is 10.1 Å². The maximum absolute atomic E-state index is 11.3. The number of methoxy groups -OCH3 is 1. The highest BCUT2D eigenvalue weighted by Gasteiger charge is 2.34. The first-order valence-electron chi connectivity index (χ1n) is 5.26. The van der Waals surface area contributed by atoms with Gasteiger partial charge in [0, 0.05) is 11.1 Å². The highest BCUT2D eigenvalue weighted by Crippen LogP contribution is 2.38. The molecule has 1 N–H and O–H groups in total. The Hall–Kier alpha value is -1.38. The van der Waals surface area contributed by atoms with E-state index in [2.05, 4.69) is 20.7 Å². The Kier molecular flexibility index (Phi) is 5.32. The summed E-state index contributed by atoms with van der Waals surface area (Å²) in [6, 6.07) is 2.51. The number of rotatable bonds is 5. The molecule has 110 valence electrons. The van der Waals surface area contributed by atoms with E-state index in [1.54, 1.807) is 0 Å². The molecule has 0 aromatic heterocycles. The van der Waals surface area contributed by atoms with E-state index in [9.17, 15) is 20.0 Å². The molecule has 0 spiro atoms. The summed E-state index contributed by atoms with van der Waals surface area (Å²) in [5, 5.41) is 20.9. The first-order chi connectivity index (χ1) is 9.19. The molecule has 0 amide bonds. The summed E-state index contributed by atoms with van der Waals surface area (Å²) in [7, 11) is 1.11. The molecule has 0 aliphatic heterocycles. The molecule has 0 aliphatic carbocycles. The number of ether oxygens (including phenoxy) is 2. The molecule has 0 fully saturated rings. The number of esters is 1. The van der Waals surface area contributed by atoms with Crippen LogP contribution in [0.5, 0.6) is 5.75 Å². The number of nitro benzene ring substituents is 1. The molecule has 0 aliphatic rings. The number of nitrogens with zero attached hydrogens (tertiary/aromatic N) is 1. The summed E-state index contributed by atoms with van der Waals surface area (Å²) in [6.45, 7) is 0.662. The molecule has 7 nitrogen and oxygen atoms in total. The lowest BCUT2D eigenvalue weighted by Gasteiger charge is -2.20. The monoisotopic (exact) mass is 367 g/mol. The molecular weight excluding hydrogens is 357 g/mol. The van der Waals surface area contributed by atoms with Crippen molar-refractivity contribution >= 4 is 39.2 Å². The van der Waals surface area contributed by atoms with Gasteiger partial charge < -0.3 is 14.6 Å². The number of aliphatic hydroxyl groups is 1. The van der Waals surface area contributed by atoms with Gasteiger partial charge in [0.05, 0.1) is 16.5 Å². The fraction of sp³-hybridized carbons (Fsp3) is 0.364. The van der Waals surface area contributed by atoms with Gasteiger partial charge in [0.2, 0.25) is 5.75 Å². The van der Waals surface area contributed by atoms with Crippen LogP contribution in [-0.4, -0.2) is 35.3 Å². The second-order valence-corrected chi connectivity index (χ2v) is 5.34. The fourth-order valence-electron chi connectivity index (χ4n) is 1.32. The zero-order valence-corrected chi connectivity index (χ0v) is 12.9. The van der Waals surface area contributed by atoms with E-state index in [1.807, 2.05) is 0 Å².